The molecule has 0 aromatic heterocycles. The van der Waals surface area contributed by atoms with E-state index in [1.165, 1.54) is 0 Å². The van der Waals surface area contributed by atoms with Crippen LogP contribution in [0.4, 0.5) is 5.69 Å². The minimum Gasteiger partial charge on any atom is -0.392 e. The molecule has 0 atom stereocenters. The zero-order chi connectivity index (χ0) is 14.8. The van der Waals surface area contributed by atoms with E-state index in [0.717, 1.165) is 33.5 Å². The van der Waals surface area contributed by atoms with E-state index in [4.69, 9.17) is 4.74 Å². The number of fused-ring (bicyclic) bond motifs is 1. The lowest BCUT2D eigenvalue weighted by Gasteiger charge is -2.15. The summed E-state index contributed by atoms with van der Waals surface area (Å²) in [4.78, 5) is 11.6. The van der Waals surface area contributed by atoms with E-state index in [1.807, 2.05) is 43.3 Å². The van der Waals surface area contributed by atoms with Crippen LogP contribution in [0.25, 0.3) is 11.1 Å². The normalized spacial score (nSPS) is 14.3. The predicted molar refractivity (Wildman–Crippen MR) is 80.8 cm³/mol. The molecule has 0 saturated carbocycles. The molecule has 0 unspecified atom stereocenters. The Hall–Kier alpha value is -2.17. The number of ether oxygens (including phenoxy) is 1. The van der Waals surface area contributed by atoms with Gasteiger partial charge in [-0.15, -0.1) is 0 Å². The van der Waals surface area contributed by atoms with Crippen molar-refractivity contribution in [1.29, 1.82) is 0 Å². The van der Waals surface area contributed by atoms with Crippen molar-refractivity contribution in [2.24, 2.45) is 0 Å². The summed E-state index contributed by atoms with van der Waals surface area (Å²) in [6, 6.07) is 11.8. The maximum atomic E-state index is 11.6. The second kappa shape index (κ2) is 5.68. The first-order chi connectivity index (χ1) is 10.2. The van der Waals surface area contributed by atoms with Gasteiger partial charge < -0.3 is 15.2 Å². The lowest BCUT2D eigenvalue weighted by molar-refractivity contribution is -0.120. The molecule has 2 aromatic rings. The average molecular weight is 283 g/mol. The van der Waals surface area contributed by atoms with Gasteiger partial charge in [0.2, 0.25) is 5.91 Å². The van der Waals surface area contributed by atoms with Crippen LogP contribution in [0.15, 0.2) is 36.4 Å². The van der Waals surface area contributed by atoms with Crippen LogP contribution in [0.2, 0.25) is 0 Å². The molecule has 1 heterocycles. The number of amides is 1. The van der Waals surface area contributed by atoms with Crippen molar-refractivity contribution in [3.63, 3.8) is 0 Å². The number of aliphatic hydroxyl groups is 1. The zero-order valence-corrected chi connectivity index (χ0v) is 11.8. The van der Waals surface area contributed by atoms with E-state index in [1.54, 1.807) is 0 Å². The molecule has 0 saturated heterocycles. The summed E-state index contributed by atoms with van der Waals surface area (Å²) in [5.74, 6) is -0.141. The SMILES string of the molecule is Cc1ccc(-c2cccc3c2COCC(=O)N3)c(CO)c1. The summed E-state index contributed by atoms with van der Waals surface area (Å²) >= 11 is 0. The number of rotatable bonds is 2. The van der Waals surface area contributed by atoms with Gasteiger partial charge in [-0.05, 0) is 29.7 Å². The first kappa shape index (κ1) is 13.8. The molecule has 0 radical (unpaired) electrons. The molecule has 0 aliphatic carbocycles. The molecular formula is C17H17NO3. The molecule has 2 aromatic carbocycles. The highest BCUT2D eigenvalue weighted by Gasteiger charge is 2.18. The van der Waals surface area contributed by atoms with E-state index >= 15 is 0 Å². The topological polar surface area (TPSA) is 58.6 Å². The molecule has 2 N–H and O–H groups in total. The minimum atomic E-state index is -0.141. The Bertz CT molecular complexity index is 694. The first-order valence-electron chi connectivity index (χ1n) is 6.89. The third-order valence-corrected chi connectivity index (χ3v) is 3.65. The van der Waals surface area contributed by atoms with Crippen molar-refractivity contribution in [3.8, 4) is 11.1 Å². The second-order valence-electron chi connectivity index (χ2n) is 5.19. The van der Waals surface area contributed by atoms with Crippen LogP contribution >= 0.6 is 0 Å². The van der Waals surface area contributed by atoms with E-state index in [0.29, 0.717) is 6.61 Å². The number of hydrogen-bond donors (Lipinski definition) is 2. The highest BCUT2D eigenvalue weighted by Crippen LogP contribution is 2.33. The second-order valence-corrected chi connectivity index (χ2v) is 5.19. The van der Waals surface area contributed by atoms with Crippen molar-refractivity contribution in [1.82, 2.24) is 0 Å². The van der Waals surface area contributed by atoms with Gasteiger partial charge >= 0.3 is 0 Å². The fraction of sp³-hybridized carbons (Fsp3) is 0.235. The molecule has 0 fully saturated rings. The third kappa shape index (κ3) is 2.68. The largest absolute Gasteiger partial charge is 0.392 e. The van der Waals surface area contributed by atoms with Gasteiger partial charge in [-0.25, -0.2) is 0 Å². The van der Waals surface area contributed by atoms with Crippen LogP contribution in [0, 0.1) is 6.92 Å². The van der Waals surface area contributed by atoms with Crippen LogP contribution in [-0.4, -0.2) is 17.6 Å². The smallest absolute Gasteiger partial charge is 0.250 e. The quantitative estimate of drug-likeness (QED) is 0.890. The van der Waals surface area contributed by atoms with Gasteiger partial charge in [0.05, 0.1) is 13.2 Å². The first-order valence-corrected chi connectivity index (χ1v) is 6.89. The Labute approximate surface area is 123 Å². The van der Waals surface area contributed by atoms with Crippen molar-refractivity contribution in [3.05, 3.63) is 53.1 Å². The highest BCUT2D eigenvalue weighted by atomic mass is 16.5. The number of aryl methyl sites for hydroxylation is 1. The Morgan fingerprint density at radius 3 is 2.86 bits per heavy atom. The van der Waals surface area contributed by atoms with Crippen LogP contribution in [0.1, 0.15) is 16.7 Å². The minimum absolute atomic E-state index is 0.0199. The lowest BCUT2D eigenvalue weighted by Crippen LogP contribution is -2.14. The van der Waals surface area contributed by atoms with Gasteiger partial charge in [0.1, 0.15) is 6.61 Å². The Morgan fingerprint density at radius 2 is 2.05 bits per heavy atom. The monoisotopic (exact) mass is 283 g/mol. The summed E-state index contributed by atoms with van der Waals surface area (Å²) in [6.07, 6.45) is 0. The van der Waals surface area contributed by atoms with Gasteiger partial charge in [-0.2, -0.15) is 0 Å². The van der Waals surface area contributed by atoms with E-state index < -0.39 is 0 Å². The van der Waals surface area contributed by atoms with Gasteiger partial charge in [0.15, 0.2) is 0 Å². The number of anilines is 1. The maximum Gasteiger partial charge on any atom is 0.250 e. The van der Waals surface area contributed by atoms with Gasteiger partial charge in [0, 0.05) is 11.3 Å². The number of hydrogen-bond acceptors (Lipinski definition) is 3. The highest BCUT2D eigenvalue weighted by molar-refractivity contribution is 5.94. The summed E-state index contributed by atoms with van der Waals surface area (Å²) < 4.78 is 5.42. The fourth-order valence-corrected chi connectivity index (χ4v) is 2.66. The predicted octanol–water partition coefficient (Wildman–Crippen LogP) is 2.62. The Morgan fingerprint density at radius 1 is 1.19 bits per heavy atom. The van der Waals surface area contributed by atoms with Gasteiger partial charge in [0.25, 0.3) is 0 Å². The molecule has 1 aliphatic heterocycles. The lowest BCUT2D eigenvalue weighted by atomic mass is 9.93. The molecule has 0 spiro atoms. The molecular weight excluding hydrogens is 266 g/mol. The van der Waals surface area contributed by atoms with E-state index in [-0.39, 0.29) is 19.1 Å². The van der Waals surface area contributed by atoms with Crippen LogP contribution in [-0.2, 0) is 22.7 Å². The standard InChI is InChI=1S/C17H17NO3/c1-11-5-6-13(12(7-11)8-19)14-3-2-4-16-15(14)9-21-10-17(20)18-16/h2-7,19H,8-10H2,1H3,(H,18,20). The average Bonchev–Trinajstić information content (AvgIpc) is 2.67. The van der Waals surface area contributed by atoms with Crippen LogP contribution in [0.3, 0.4) is 0 Å². The molecule has 1 amide bonds. The molecule has 21 heavy (non-hydrogen) atoms. The summed E-state index contributed by atoms with van der Waals surface area (Å²) in [6.45, 7) is 2.42. The number of aliphatic hydroxyl groups excluding tert-OH is 1. The summed E-state index contributed by atoms with van der Waals surface area (Å²) in [5.41, 5.74) is 5.66. The Kier molecular flexibility index (Phi) is 3.73. The van der Waals surface area contributed by atoms with Gasteiger partial charge in [-0.1, -0.05) is 35.9 Å². The number of carbonyl (C=O) groups is 1. The number of benzene rings is 2. The van der Waals surface area contributed by atoms with Crippen molar-refractivity contribution >= 4 is 11.6 Å². The maximum absolute atomic E-state index is 11.6. The fourth-order valence-electron chi connectivity index (χ4n) is 2.66. The zero-order valence-electron chi connectivity index (χ0n) is 11.8. The third-order valence-electron chi connectivity index (χ3n) is 3.65. The molecule has 3 rings (SSSR count). The van der Waals surface area contributed by atoms with Crippen molar-refractivity contribution in [2.75, 3.05) is 11.9 Å². The summed E-state index contributed by atoms with van der Waals surface area (Å²) in [5, 5.41) is 12.5. The number of carbonyl (C=O) groups excluding carboxylic acids is 1. The van der Waals surface area contributed by atoms with Crippen LogP contribution < -0.4 is 5.32 Å². The molecule has 108 valence electrons. The van der Waals surface area contributed by atoms with Crippen molar-refractivity contribution in [2.45, 2.75) is 20.1 Å². The van der Waals surface area contributed by atoms with Crippen LogP contribution in [0.5, 0.6) is 0 Å². The van der Waals surface area contributed by atoms with E-state index in [9.17, 15) is 9.90 Å². The van der Waals surface area contributed by atoms with Gasteiger partial charge in [-0.3, -0.25) is 4.79 Å². The molecule has 4 heteroatoms. The summed E-state index contributed by atoms with van der Waals surface area (Å²) in [7, 11) is 0. The molecule has 4 nitrogen and oxygen atoms in total. The van der Waals surface area contributed by atoms with E-state index in [2.05, 4.69) is 5.32 Å². The van der Waals surface area contributed by atoms with Crippen molar-refractivity contribution < 1.29 is 14.6 Å². The molecule has 1 aliphatic rings. The Balaban J connectivity index is 2.16. The number of nitrogens with one attached hydrogen (secondary N) is 1. The molecule has 0 bridgehead atoms.